The minimum Gasteiger partial charge on any atom is -0.384 e. The molecular weight excluding hydrogens is 188 g/mol. The highest BCUT2D eigenvalue weighted by molar-refractivity contribution is 4.79. The van der Waals surface area contributed by atoms with E-state index in [0.717, 1.165) is 25.0 Å². The van der Waals surface area contributed by atoms with Gasteiger partial charge in [-0.25, -0.2) is 0 Å². The van der Waals surface area contributed by atoms with Crippen LogP contribution in [0.2, 0.25) is 0 Å². The molecule has 88 valence electrons. The summed E-state index contributed by atoms with van der Waals surface area (Å²) in [6.07, 6.45) is 9.95. The molecule has 0 bridgehead atoms. The molecule has 1 atom stereocenters. The van der Waals surface area contributed by atoms with Gasteiger partial charge in [-0.1, -0.05) is 0 Å². The second-order valence-corrected chi connectivity index (χ2v) is 5.14. The summed E-state index contributed by atoms with van der Waals surface area (Å²) in [4.78, 5) is 0. The molecule has 1 saturated heterocycles. The Kier molecular flexibility index (Phi) is 4.45. The predicted molar refractivity (Wildman–Crippen MR) is 60.9 cm³/mol. The zero-order chi connectivity index (χ0) is 10.5. The lowest BCUT2D eigenvalue weighted by Crippen LogP contribution is -2.31. The molecule has 1 unspecified atom stereocenters. The monoisotopic (exact) mass is 212 g/mol. The third-order valence-corrected chi connectivity index (χ3v) is 4.03. The highest BCUT2D eigenvalue weighted by Crippen LogP contribution is 2.34. The van der Waals surface area contributed by atoms with Crippen LogP contribution in [0, 0.1) is 11.8 Å². The molecule has 0 N–H and O–H groups in total. The smallest absolute Gasteiger partial charge is 0.0603 e. The Labute approximate surface area is 93.3 Å². The summed E-state index contributed by atoms with van der Waals surface area (Å²) in [5.41, 5.74) is 0. The fourth-order valence-corrected chi connectivity index (χ4v) is 3.10. The standard InChI is InChI=1S/C13H24O2/c1-14-10-11-5-7-12(8-6-11)13-4-2-3-9-15-13/h11-13H,2-10H2,1H3. The van der Waals surface area contributed by atoms with E-state index in [1.165, 1.54) is 44.9 Å². The molecule has 0 spiro atoms. The Hall–Kier alpha value is -0.0800. The van der Waals surface area contributed by atoms with Crippen molar-refractivity contribution in [2.24, 2.45) is 11.8 Å². The number of hydrogen-bond donors (Lipinski definition) is 0. The van der Waals surface area contributed by atoms with E-state index in [9.17, 15) is 0 Å². The molecule has 2 fully saturated rings. The average molecular weight is 212 g/mol. The number of ether oxygens (including phenoxy) is 2. The van der Waals surface area contributed by atoms with Gasteiger partial charge in [-0.05, 0) is 56.8 Å². The van der Waals surface area contributed by atoms with E-state index in [2.05, 4.69) is 0 Å². The summed E-state index contributed by atoms with van der Waals surface area (Å²) < 4.78 is 11.1. The van der Waals surface area contributed by atoms with Crippen molar-refractivity contribution in [3.63, 3.8) is 0 Å². The Morgan fingerprint density at radius 1 is 1.07 bits per heavy atom. The summed E-state index contributed by atoms with van der Waals surface area (Å²) in [6, 6.07) is 0. The van der Waals surface area contributed by atoms with Gasteiger partial charge in [-0.3, -0.25) is 0 Å². The van der Waals surface area contributed by atoms with Gasteiger partial charge in [0.2, 0.25) is 0 Å². The van der Waals surface area contributed by atoms with Crippen molar-refractivity contribution in [3.05, 3.63) is 0 Å². The van der Waals surface area contributed by atoms with E-state index in [-0.39, 0.29) is 0 Å². The van der Waals surface area contributed by atoms with Crippen molar-refractivity contribution in [2.75, 3.05) is 20.3 Å². The largest absolute Gasteiger partial charge is 0.384 e. The van der Waals surface area contributed by atoms with Crippen molar-refractivity contribution >= 4 is 0 Å². The van der Waals surface area contributed by atoms with E-state index < -0.39 is 0 Å². The lowest BCUT2D eigenvalue weighted by Gasteiger charge is -2.35. The Balaban J connectivity index is 1.72. The Morgan fingerprint density at radius 3 is 2.47 bits per heavy atom. The lowest BCUT2D eigenvalue weighted by atomic mass is 9.78. The summed E-state index contributed by atoms with van der Waals surface area (Å²) in [5, 5.41) is 0. The molecular formula is C13H24O2. The first-order valence-electron chi connectivity index (χ1n) is 6.50. The van der Waals surface area contributed by atoms with Crippen molar-refractivity contribution in [1.29, 1.82) is 0 Å². The molecule has 1 aliphatic carbocycles. The van der Waals surface area contributed by atoms with Crippen molar-refractivity contribution < 1.29 is 9.47 Å². The molecule has 0 amide bonds. The van der Waals surface area contributed by atoms with Gasteiger partial charge >= 0.3 is 0 Å². The first-order chi connectivity index (χ1) is 7.40. The van der Waals surface area contributed by atoms with E-state index in [1.807, 2.05) is 7.11 Å². The molecule has 0 aromatic carbocycles. The van der Waals surface area contributed by atoms with Crippen molar-refractivity contribution in [3.8, 4) is 0 Å². The fraction of sp³-hybridized carbons (Fsp3) is 1.00. The van der Waals surface area contributed by atoms with Crippen LogP contribution in [0.1, 0.15) is 44.9 Å². The summed E-state index contributed by atoms with van der Waals surface area (Å²) in [6.45, 7) is 1.96. The maximum absolute atomic E-state index is 5.88. The normalized spacial score (nSPS) is 37.8. The molecule has 1 heterocycles. The topological polar surface area (TPSA) is 18.5 Å². The summed E-state index contributed by atoms with van der Waals surface area (Å²) >= 11 is 0. The average Bonchev–Trinajstić information content (AvgIpc) is 2.32. The van der Waals surface area contributed by atoms with E-state index in [1.54, 1.807) is 0 Å². The molecule has 0 radical (unpaired) electrons. The third kappa shape index (κ3) is 3.18. The van der Waals surface area contributed by atoms with Gasteiger partial charge in [-0.2, -0.15) is 0 Å². The molecule has 2 nitrogen and oxygen atoms in total. The third-order valence-electron chi connectivity index (χ3n) is 4.03. The first-order valence-corrected chi connectivity index (χ1v) is 6.50. The number of methoxy groups -OCH3 is 1. The van der Waals surface area contributed by atoms with Crippen LogP contribution in [-0.2, 0) is 9.47 Å². The van der Waals surface area contributed by atoms with Crippen LogP contribution in [0.5, 0.6) is 0 Å². The van der Waals surface area contributed by atoms with Crippen LogP contribution in [0.3, 0.4) is 0 Å². The van der Waals surface area contributed by atoms with Crippen molar-refractivity contribution in [2.45, 2.75) is 51.0 Å². The summed E-state index contributed by atoms with van der Waals surface area (Å²) in [7, 11) is 1.82. The van der Waals surface area contributed by atoms with Gasteiger partial charge in [0.05, 0.1) is 6.10 Å². The molecule has 0 aromatic rings. The number of rotatable bonds is 3. The number of hydrogen-bond acceptors (Lipinski definition) is 2. The van der Waals surface area contributed by atoms with Crippen LogP contribution >= 0.6 is 0 Å². The SMILES string of the molecule is COCC1CCC(C2CCCCO2)CC1. The van der Waals surface area contributed by atoms with Gasteiger partial charge < -0.3 is 9.47 Å². The maximum atomic E-state index is 5.88. The van der Waals surface area contributed by atoms with Crippen molar-refractivity contribution in [1.82, 2.24) is 0 Å². The highest BCUT2D eigenvalue weighted by atomic mass is 16.5. The van der Waals surface area contributed by atoms with Gasteiger partial charge in [0.25, 0.3) is 0 Å². The molecule has 2 rings (SSSR count). The molecule has 2 aliphatic rings. The predicted octanol–water partition coefficient (Wildman–Crippen LogP) is 3.01. The van der Waals surface area contributed by atoms with Gasteiger partial charge in [0.1, 0.15) is 0 Å². The molecule has 15 heavy (non-hydrogen) atoms. The van der Waals surface area contributed by atoms with E-state index >= 15 is 0 Å². The highest BCUT2D eigenvalue weighted by Gasteiger charge is 2.29. The molecule has 0 aromatic heterocycles. The van der Waals surface area contributed by atoms with Crippen LogP contribution < -0.4 is 0 Å². The molecule has 1 aliphatic heterocycles. The van der Waals surface area contributed by atoms with Gasteiger partial charge in [0.15, 0.2) is 0 Å². The quantitative estimate of drug-likeness (QED) is 0.716. The second kappa shape index (κ2) is 5.86. The van der Waals surface area contributed by atoms with E-state index in [4.69, 9.17) is 9.47 Å². The summed E-state index contributed by atoms with van der Waals surface area (Å²) in [5.74, 6) is 1.66. The van der Waals surface area contributed by atoms with Gasteiger partial charge in [-0.15, -0.1) is 0 Å². The van der Waals surface area contributed by atoms with Gasteiger partial charge in [0, 0.05) is 20.3 Å². The van der Waals surface area contributed by atoms with Crippen LogP contribution in [0.25, 0.3) is 0 Å². The van der Waals surface area contributed by atoms with Crippen LogP contribution in [0.15, 0.2) is 0 Å². The first kappa shape index (κ1) is 11.4. The molecule has 2 heteroatoms. The van der Waals surface area contributed by atoms with Crippen LogP contribution in [0.4, 0.5) is 0 Å². The fourth-order valence-electron chi connectivity index (χ4n) is 3.10. The van der Waals surface area contributed by atoms with Crippen LogP contribution in [-0.4, -0.2) is 26.4 Å². The molecule has 1 saturated carbocycles. The van der Waals surface area contributed by atoms with E-state index in [0.29, 0.717) is 6.10 Å². The zero-order valence-electron chi connectivity index (χ0n) is 9.91. The second-order valence-electron chi connectivity index (χ2n) is 5.14. The maximum Gasteiger partial charge on any atom is 0.0603 e. The minimum atomic E-state index is 0.585. The Morgan fingerprint density at radius 2 is 1.87 bits per heavy atom. The zero-order valence-corrected chi connectivity index (χ0v) is 9.91. The Bertz CT molecular complexity index is 167. The minimum absolute atomic E-state index is 0.585. The lowest BCUT2D eigenvalue weighted by molar-refractivity contribution is -0.0371.